The number of nitrogens with one attached hydrogen (secondary N) is 2. The van der Waals surface area contributed by atoms with Gasteiger partial charge in [0.05, 0.1) is 11.5 Å². The number of amides is 3. The van der Waals surface area contributed by atoms with Gasteiger partial charge < -0.3 is 5.32 Å². The molecule has 1 heterocycles. The van der Waals surface area contributed by atoms with Crippen molar-refractivity contribution in [1.82, 2.24) is 10.6 Å². The summed E-state index contributed by atoms with van der Waals surface area (Å²) in [6, 6.07) is 7.76. The first-order valence-corrected chi connectivity index (χ1v) is 10.6. The number of benzene rings is 1. The average Bonchev–Trinajstić information content (AvgIpc) is 3.29. The van der Waals surface area contributed by atoms with E-state index in [-0.39, 0.29) is 24.5 Å². The second-order valence-electron chi connectivity index (χ2n) is 8.17. The van der Waals surface area contributed by atoms with Gasteiger partial charge in [0.2, 0.25) is 11.8 Å². The lowest BCUT2D eigenvalue weighted by Crippen LogP contribution is -2.53. The van der Waals surface area contributed by atoms with Crippen LogP contribution in [0.15, 0.2) is 35.3 Å². The number of rotatable bonds is 6. The second kappa shape index (κ2) is 8.90. The number of nitrogens with zero attached hydrogens (tertiary/aromatic N) is 1. The molecule has 1 aromatic rings. The molecule has 3 rings (SSSR count). The molecule has 7 nitrogen and oxygen atoms in total. The summed E-state index contributed by atoms with van der Waals surface area (Å²) in [4.78, 5) is 53.9. The fraction of sp³-hybridized carbons (Fsp3) is 0.476. The molecule has 3 amide bonds. The minimum absolute atomic E-state index is 0.0472. The van der Waals surface area contributed by atoms with E-state index in [9.17, 15) is 19.2 Å². The van der Waals surface area contributed by atoms with Crippen molar-refractivity contribution < 1.29 is 19.2 Å². The van der Waals surface area contributed by atoms with Crippen molar-refractivity contribution >= 4 is 40.8 Å². The zero-order valence-electron chi connectivity index (χ0n) is 16.5. The van der Waals surface area contributed by atoms with Gasteiger partial charge in [-0.15, -0.1) is 11.8 Å². The number of Topliss-reactive ketones (excluding diaryl/α,β-unsaturated/α-hetero) is 1. The van der Waals surface area contributed by atoms with Crippen LogP contribution in [0.5, 0.6) is 0 Å². The van der Waals surface area contributed by atoms with Crippen LogP contribution in [0.1, 0.15) is 32.3 Å². The van der Waals surface area contributed by atoms with Crippen LogP contribution in [0.2, 0.25) is 0 Å². The molecule has 0 saturated heterocycles. The van der Waals surface area contributed by atoms with Gasteiger partial charge in [-0.1, -0.05) is 44.2 Å². The van der Waals surface area contributed by atoms with Gasteiger partial charge in [-0.05, 0) is 11.0 Å². The Labute approximate surface area is 174 Å². The lowest BCUT2D eigenvalue weighted by molar-refractivity contribution is -0.136. The molecule has 1 aliphatic carbocycles. The standard InChI is InChI=1S/C21H25N3O4S/c1-21(2)10-14(25)9-15(21)18(26)23-16(8-13-6-4-3-5-7-13)19(27)24-20(28)17-11-29-12-22-17/h3-7,12,15-17H,8-11H2,1-2H3,(H,23,26)(H,24,27,28)/t15?,16-,17?/m0/s1. The van der Waals surface area contributed by atoms with E-state index in [2.05, 4.69) is 15.6 Å². The molecule has 29 heavy (non-hydrogen) atoms. The number of aliphatic imine (C=N–C) groups is 1. The number of imide groups is 1. The van der Waals surface area contributed by atoms with Crippen molar-refractivity contribution in [1.29, 1.82) is 0 Å². The minimum atomic E-state index is -0.918. The van der Waals surface area contributed by atoms with Gasteiger partial charge in [-0.25, -0.2) is 0 Å². The third kappa shape index (κ3) is 5.32. The summed E-state index contributed by atoms with van der Waals surface area (Å²) in [6.45, 7) is 3.77. The summed E-state index contributed by atoms with van der Waals surface area (Å²) in [5.41, 5.74) is 1.99. The van der Waals surface area contributed by atoms with Crippen molar-refractivity contribution in [3.8, 4) is 0 Å². The zero-order valence-corrected chi connectivity index (χ0v) is 17.3. The second-order valence-corrected chi connectivity index (χ2v) is 9.05. The summed E-state index contributed by atoms with van der Waals surface area (Å²) in [6.07, 6.45) is 0.761. The van der Waals surface area contributed by atoms with E-state index in [1.807, 2.05) is 44.2 Å². The summed E-state index contributed by atoms with van der Waals surface area (Å²) in [5, 5.41) is 5.16. The Bertz CT molecular complexity index is 838. The van der Waals surface area contributed by atoms with Crippen LogP contribution in [-0.4, -0.2) is 46.9 Å². The lowest BCUT2D eigenvalue weighted by atomic mass is 9.81. The Morgan fingerprint density at radius 3 is 2.52 bits per heavy atom. The summed E-state index contributed by atoms with van der Waals surface area (Å²) >= 11 is 1.41. The molecule has 3 atom stereocenters. The highest BCUT2D eigenvalue weighted by molar-refractivity contribution is 8.12. The van der Waals surface area contributed by atoms with Gasteiger partial charge in [0.15, 0.2) is 0 Å². The van der Waals surface area contributed by atoms with Crippen molar-refractivity contribution in [2.45, 2.75) is 45.2 Å². The molecule has 8 heteroatoms. The predicted molar refractivity (Wildman–Crippen MR) is 111 cm³/mol. The maximum absolute atomic E-state index is 12.9. The van der Waals surface area contributed by atoms with Crippen LogP contribution in [-0.2, 0) is 25.6 Å². The smallest absolute Gasteiger partial charge is 0.252 e. The number of thioether (sulfide) groups is 1. The van der Waals surface area contributed by atoms with Crippen LogP contribution in [0, 0.1) is 11.3 Å². The van der Waals surface area contributed by atoms with E-state index in [1.54, 1.807) is 5.55 Å². The molecular weight excluding hydrogens is 390 g/mol. The summed E-state index contributed by atoms with van der Waals surface area (Å²) in [7, 11) is 0. The van der Waals surface area contributed by atoms with Crippen LogP contribution in [0.25, 0.3) is 0 Å². The third-order valence-electron chi connectivity index (χ3n) is 5.38. The van der Waals surface area contributed by atoms with E-state index in [0.29, 0.717) is 12.2 Å². The number of carbonyl (C=O) groups is 4. The predicted octanol–water partition coefficient (Wildman–Crippen LogP) is 1.51. The van der Waals surface area contributed by atoms with Gasteiger partial charge in [-0.3, -0.25) is 29.5 Å². The quantitative estimate of drug-likeness (QED) is 0.733. The number of hydrogen-bond donors (Lipinski definition) is 2. The van der Waals surface area contributed by atoms with Crippen LogP contribution < -0.4 is 10.6 Å². The van der Waals surface area contributed by atoms with E-state index in [1.165, 1.54) is 11.8 Å². The van der Waals surface area contributed by atoms with Crippen LogP contribution in [0.4, 0.5) is 0 Å². The van der Waals surface area contributed by atoms with Crippen molar-refractivity contribution in [2.75, 3.05) is 5.75 Å². The van der Waals surface area contributed by atoms with Crippen LogP contribution in [0.3, 0.4) is 0 Å². The molecule has 2 aliphatic rings. The SMILES string of the molecule is CC1(C)CC(=O)CC1C(=O)N[C@@H](Cc1ccccc1)C(=O)NC(=O)C1CSC=N1. The average molecular weight is 416 g/mol. The molecule has 2 unspecified atom stereocenters. The Morgan fingerprint density at radius 1 is 1.21 bits per heavy atom. The number of ketones is 1. The Kier molecular flexibility index (Phi) is 6.52. The van der Waals surface area contributed by atoms with Crippen molar-refractivity contribution in [2.24, 2.45) is 16.3 Å². The van der Waals surface area contributed by atoms with E-state index in [4.69, 9.17) is 0 Å². The fourth-order valence-electron chi connectivity index (χ4n) is 3.72. The fourth-order valence-corrected chi connectivity index (χ4v) is 4.45. The summed E-state index contributed by atoms with van der Waals surface area (Å²) < 4.78 is 0. The van der Waals surface area contributed by atoms with Crippen molar-refractivity contribution in [3.05, 3.63) is 35.9 Å². The molecule has 0 radical (unpaired) electrons. The molecule has 0 aromatic heterocycles. The molecule has 154 valence electrons. The highest BCUT2D eigenvalue weighted by Gasteiger charge is 2.44. The maximum Gasteiger partial charge on any atom is 0.252 e. The Balaban J connectivity index is 1.72. The first-order valence-electron chi connectivity index (χ1n) is 9.60. The molecule has 2 N–H and O–H groups in total. The van der Waals surface area contributed by atoms with Gasteiger partial charge in [0, 0.05) is 25.0 Å². The summed E-state index contributed by atoms with van der Waals surface area (Å²) in [5.74, 6) is -1.33. The van der Waals surface area contributed by atoms with Crippen LogP contribution >= 0.6 is 11.8 Å². The minimum Gasteiger partial charge on any atom is -0.344 e. The normalized spacial score (nSPS) is 23.6. The van der Waals surface area contributed by atoms with Gasteiger partial charge >= 0.3 is 0 Å². The molecule has 1 fully saturated rings. The number of carbonyl (C=O) groups excluding carboxylic acids is 4. The molecule has 1 saturated carbocycles. The molecular formula is C21H25N3O4S. The van der Waals surface area contributed by atoms with E-state index >= 15 is 0 Å². The van der Waals surface area contributed by atoms with E-state index in [0.717, 1.165) is 5.56 Å². The van der Waals surface area contributed by atoms with Crippen molar-refractivity contribution in [3.63, 3.8) is 0 Å². The molecule has 0 bridgehead atoms. The largest absolute Gasteiger partial charge is 0.344 e. The Morgan fingerprint density at radius 2 is 1.93 bits per heavy atom. The lowest BCUT2D eigenvalue weighted by Gasteiger charge is -2.27. The maximum atomic E-state index is 12.9. The van der Waals surface area contributed by atoms with Gasteiger partial charge in [0.25, 0.3) is 5.91 Å². The topological polar surface area (TPSA) is 105 Å². The molecule has 1 aromatic carbocycles. The molecule has 1 aliphatic heterocycles. The molecule has 0 spiro atoms. The Hall–Kier alpha value is -2.48. The first-order chi connectivity index (χ1) is 13.8. The third-order valence-corrected chi connectivity index (χ3v) is 6.16. The number of hydrogen-bond acceptors (Lipinski definition) is 6. The first kappa shape index (κ1) is 21.2. The monoisotopic (exact) mass is 415 g/mol. The van der Waals surface area contributed by atoms with Gasteiger partial charge in [0.1, 0.15) is 17.9 Å². The highest BCUT2D eigenvalue weighted by atomic mass is 32.2. The highest BCUT2D eigenvalue weighted by Crippen LogP contribution is 2.40. The zero-order chi connectivity index (χ0) is 21.0. The van der Waals surface area contributed by atoms with Gasteiger partial charge in [-0.2, -0.15) is 0 Å². The van der Waals surface area contributed by atoms with E-state index < -0.39 is 35.2 Å².